The topological polar surface area (TPSA) is 84.9 Å². The van der Waals surface area contributed by atoms with Crippen molar-refractivity contribution in [1.29, 1.82) is 0 Å². The molecule has 0 aliphatic rings. The summed E-state index contributed by atoms with van der Waals surface area (Å²) in [7, 11) is 0. The van der Waals surface area contributed by atoms with E-state index >= 15 is 0 Å². The summed E-state index contributed by atoms with van der Waals surface area (Å²) < 4.78 is 5.00. The lowest BCUT2D eigenvalue weighted by Crippen LogP contribution is -1.92. The second kappa shape index (κ2) is 3.48. The molecule has 0 aliphatic carbocycles. The Morgan fingerprint density at radius 1 is 1.18 bits per heavy atom. The lowest BCUT2D eigenvalue weighted by molar-refractivity contribution is 0.555. The van der Waals surface area contributed by atoms with Gasteiger partial charge in [0.05, 0.1) is 11.2 Å². The van der Waals surface area contributed by atoms with Gasteiger partial charge in [-0.15, -0.1) is 0 Å². The monoisotopic (exact) mass is 227 g/mol. The molecule has 84 valence electrons. The Morgan fingerprint density at radius 2 is 2.06 bits per heavy atom. The highest BCUT2D eigenvalue weighted by atomic mass is 16.4. The average Bonchev–Trinajstić information content (AvgIpc) is 2.68. The van der Waals surface area contributed by atoms with Crippen molar-refractivity contribution in [3.63, 3.8) is 0 Å². The predicted octanol–water partition coefficient (Wildman–Crippen LogP) is 1.77. The van der Waals surface area contributed by atoms with Crippen LogP contribution < -0.4 is 11.5 Å². The van der Waals surface area contributed by atoms with E-state index in [1.165, 1.54) is 0 Å². The van der Waals surface area contributed by atoms with Gasteiger partial charge in [-0.05, 0) is 23.8 Å². The number of hydrogen-bond acceptors (Lipinski definition) is 4. The highest BCUT2D eigenvalue weighted by Gasteiger charge is 2.04. The third-order valence-electron chi connectivity index (χ3n) is 2.51. The van der Waals surface area contributed by atoms with Crippen LogP contribution in [-0.4, -0.2) is 9.97 Å². The molecule has 2 heterocycles. The number of oxazole rings is 1. The first-order chi connectivity index (χ1) is 8.22. The van der Waals surface area contributed by atoms with Crippen molar-refractivity contribution in [2.75, 3.05) is 5.73 Å². The SMILES string of the molecule is Nc1cncc(-c2ccc3[nH]c(=O)oc3c2)c1. The summed E-state index contributed by atoms with van der Waals surface area (Å²) in [6, 6.07) is 7.27. The van der Waals surface area contributed by atoms with E-state index in [4.69, 9.17) is 10.2 Å². The molecule has 0 aliphatic heterocycles. The molecule has 3 N–H and O–H groups in total. The summed E-state index contributed by atoms with van der Waals surface area (Å²) in [4.78, 5) is 17.6. The van der Waals surface area contributed by atoms with Gasteiger partial charge in [-0.3, -0.25) is 9.97 Å². The summed E-state index contributed by atoms with van der Waals surface area (Å²) in [5.41, 5.74) is 9.25. The number of nitrogens with zero attached hydrogens (tertiary/aromatic N) is 1. The smallest absolute Gasteiger partial charge is 0.408 e. The number of fused-ring (bicyclic) bond motifs is 1. The van der Waals surface area contributed by atoms with Gasteiger partial charge in [-0.25, -0.2) is 4.79 Å². The maximum absolute atomic E-state index is 11.0. The largest absolute Gasteiger partial charge is 0.417 e. The number of nitrogen functional groups attached to an aromatic ring is 1. The summed E-state index contributed by atoms with van der Waals surface area (Å²) >= 11 is 0. The van der Waals surface area contributed by atoms with Crippen molar-refractivity contribution in [3.8, 4) is 11.1 Å². The average molecular weight is 227 g/mol. The number of nitrogens with two attached hydrogens (primary N) is 1. The molecular formula is C12H9N3O2. The molecule has 0 saturated heterocycles. The molecule has 0 spiro atoms. The number of aromatic nitrogens is 2. The Bertz CT molecular complexity index is 743. The number of nitrogens with one attached hydrogen (secondary N) is 1. The van der Waals surface area contributed by atoms with Crippen LogP contribution in [0.15, 0.2) is 45.9 Å². The van der Waals surface area contributed by atoms with Crippen LogP contribution >= 0.6 is 0 Å². The van der Waals surface area contributed by atoms with Crippen LogP contribution in [0.2, 0.25) is 0 Å². The zero-order valence-corrected chi connectivity index (χ0v) is 8.81. The molecule has 17 heavy (non-hydrogen) atoms. The Labute approximate surface area is 95.9 Å². The molecule has 0 amide bonds. The zero-order valence-electron chi connectivity index (χ0n) is 8.81. The fourth-order valence-electron chi connectivity index (χ4n) is 1.74. The van der Waals surface area contributed by atoms with Crippen molar-refractivity contribution in [2.24, 2.45) is 0 Å². The fourth-order valence-corrected chi connectivity index (χ4v) is 1.74. The van der Waals surface area contributed by atoms with E-state index in [-0.39, 0.29) is 0 Å². The van der Waals surface area contributed by atoms with E-state index in [0.29, 0.717) is 16.8 Å². The van der Waals surface area contributed by atoms with Crippen molar-refractivity contribution in [3.05, 3.63) is 47.2 Å². The number of pyridine rings is 1. The van der Waals surface area contributed by atoms with Crippen molar-refractivity contribution in [2.45, 2.75) is 0 Å². The Balaban J connectivity index is 2.20. The summed E-state index contributed by atoms with van der Waals surface area (Å²) in [6.07, 6.45) is 3.29. The first kappa shape index (κ1) is 9.65. The van der Waals surface area contributed by atoms with E-state index < -0.39 is 5.76 Å². The molecule has 5 heteroatoms. The molecule has 1 aromatic carbocycles. The van der Waals surface area contributed by atoms with E-state index in [0.717, 1.165) is 11.1 Å². The van der Waals surface area contributed by atoms with Crippen LogP contribution in [0.1, 0.15) is 0 Å². The molecular weight excluding hydrogens is 218 g/mol. The van der Waals surface area contributed by atoms with Crippen LogP contribution in [0.5, 0.6) is 0 Å². The van der Waals surface area contributed by atoms with Crippen LogP contribution in [0, 0.1) is 0 Å². The van der Waals surface area contributed by atoms with Gasteiger partial charge in [-0.2, -0.15) is 0 Å². The zero-order chi connectivity index (χ0) is 11.8. The van der Waals surface area contributed by atoms with Gasteiger partial charge in [0, 0.05) is 18.0 Å². The van der Waals surface area contributed by atoms with Crippen LogP contribution in [0.3, 0.4) is 0 Å². The van der Waals surface area contributed by atoms with E-state index in [2.05, 4.69) is 9.97 Å². The maximum atomic E-state index is 11.0. The highest BCUT2D eigenvalue weighted by Crippen LogP contribution is 2.23. The van der Waals surface area contributed by atoms with Gasteiger partial charge in [0.25, 0.3) is 0 Å². The summed E-state index contributed by atoms with van der Waals surface area (Å²) in [5.74, 6) is -0.456. The van der Waals surface area contributed by atoms with Gasteiger partial charge in [-0.1, -0.05) is 6.07 Å². The molecule has 0 bridgehead atoms. The predicted molar refractivity (Wildman–Crippen MR) is 64.5 cm³/mol. The minimum atomic E-state index is -0.456. The van der Waals surface area contributed by atoms with Gasteiger partial charge >= 0.3 is 5.76 Å². The van der Waals surface area contributed by atoms with Crippen molar-refractivity contribution < 1.29 is 4.42 Å². The quantitative estimate of drug-likeness (QED) is 0.663. The van der Waals surface area contributed by atoms with Crippen molar-refractivity contribution in [1.82, 2.24) is 9.97 Å². The fraction of sp³-hybridized carbons (Fsp3) is 0. The first-order valence-electron chi connectivity index (χ1n) is 5.06. The normalized spacial score (nSPS) is 10.8. The highest BCUT2D eigenvalue weighted by molar-refractivity contribution is 5.80. The molecule has 0 radical (unpaired) electrons. The van der Waals surface area contributed by atoms with E-state index in [9.17, 15) is 4.79 Å². The number of hydrogen-bond donors (Lipinski definition) is 2. The van der Waals surface area contributed by atoms with E-state index in [1.807, 2.05) is 12.1 Å². The van der Waals surface area contributed by atoms with Crippen LogP contribution in [0.4, 0.5) is 5.69 Å². The maximum Gasteiger partial charge on any atom is 0.417 e. The minimum Gasteiger partial charge on any atom is -0.408 e. The number of aromatic amines is 1. The van der Waals surface area contributed by atoms with Crippen LogP contribution in [-0.2, 0) is 0 Å². The summed E-state index contributed by atoms with van der Waals surface area (Å²) in [5, 5.41) is 0. The molecule has 2 aromatic heterocycles. The standard InChI is InChI=1S/C12H9N3O2/c13-9-3-8(5-14-6-9)7-1-2-10-11(4-7)17-12(16)15-10/h1-6H,13H2,(H,15,16). The number of H-pyrrole nitrogens is 1. The number of anilines is 1. The number of rotatable bonds is 1. The molecule has 0 unspecified atom stereocenters. The summed E-state index contributed by atoms with van der Waals surface area (Å²) in [6.45, 7) is 0. The Kier molecular flexibility index (Phi) is 1.98. The molecule has 0 atom stereocenters. The first-order valence-corrected chi connectivity index (χ1v) is 5.06. The second-order valence-electron chi connectivity index (χ2n) is 3.73. The lowest BCUT2D eigenvalue weighted by atomic mass is 10.1. The molecule has 0 fully saturated rings. The Hall–Kier alpha value is -2.56. The van der Waals surface area contributed by atoms with Gasteiger partial charge in [0.15, 0.2) is 5.58 Å². The molecule has 3 rings (SSSR count). The molecule has 0 saturated carbocycles. The minimum absolute atomic E-state index is 0.456. The van der Waals surface area contributed by atoms with Gasteiger partial charge in [0.2, 0.25) is 0 Å². The third-order valence-corrected chi connectivity index (χ3v) is 2.51. The van der Waals surface area contributed by atoms with Gasteiger partial charge < -0.3 is 10.2 Å². The molecule has 5 nitrogen and oxygen atoms in total. The third kappa shape index (κ3) is 1.67. The van der Waals surface area contributed by atoms with Gasteiger partial charge in [0.1, 0.15) is 0 Å². The lowest BCUT2D eigenvalue weighted by Gasteiger charge is -2.01. The van der Waals surface area contributed by atoms with Crippen LogP contribution in [0.25, 0.3) is 22.2 Å². The number of benzene rings is 1. The Morgan fingerprint density at radius 3 is 2.88 bits per heavy atom. The van der Waals surface area contributed by atoms with E-state index in [1.54, 1.807) is 24.5 Å². The van der Waals surface area contributed by atoms with Crippen molar-refractivity contribution >= 4 is 16.8 Å². The molecule has 3 aromatic rings. The second-order valence-corrected chi connectivity index (χ2v) is 3.73.